The summed E-state index contributed by atoms with van der Waals surface area (Å²) in [4.78, 5) is 10.7. The monoisotopic (exact) mass is 242 g/mol. The van der Waals surface area contributed by atoms with Crippen molar-refractivity contribution in [2.75, 3.05) is 6.61 Å². The van der Waals surface area contributed by atoms with Crippen molar-refractivity contribution < 1.29 is 9.22 Å². The zero-order valence-electron chi connectivity index (χ0n) is 11.6. The lowest BCUT2D eigenvalue weighted by Gasteiger charge is -2.36. The van der Waals surface area contributed by atoms with Crippen molar-refractivity contribution in [2.45, 2.75) is 58.7 Å². The molecule has 0 aromatic rings. The van der Waals surface area contributed by atoms with Crippen molar-refractivity contribution in [1.29, 1.82) is 0 Å². The third kappa shape index (κ3) is 6.23. The van der Waals surface area contributed by atoms with Crippen LogP contribution in [0.5, 0.6) is 0 Å². The Morgan fingerprint density at radius 2 is 1.88 bits per heavy atom. The second-order valence-electron chi connectivity index (χ2n) is 5.76. The minimum Gasteiger partial charge on any atom is -0.417 e. The number of hydrogen-bond donors (Lipinski definition) is 0. The van der Waals surface area contributed by atoms with Gasteiger partial charge >= 0.3 is 0 Å². The third-order valence-electron chi connectivity index (χ3n) is 3.14. The molecule has 0 rings (SSSR count). The Morgan fingerprint density at radius 1 is 1.31 bits per heavy atom. The van der Waals surface area contributed by atoms with E-state index in [4.69, 9.17) is 4.43 Å². The number of hydrogen-bond acceptors (Lipinski definition) is 2. The van der Waals surface area contributed by atoms with E-state index in [-0.39, 0.29) is 10.8 Å². The van der Waals surface area contributed by atoms with Gasteiger partial charge in [0, 0.05) is 6.61 Å². The molecular formula is C13H26O2Si. The van der Waals surface area contributed by atoms with Crippen LogP contribution in [0, 0.1) is 0 Å². The van der Waals surface area contributed by atoms with Gasteiger partial charge in [0.1, 0.15) is 0 Å². The van der Waals surface area contributed by atoms with E-state index < -0.39 is 8.32 Å². The Bertz CT molecular complexity index is 249. The fourth-order valence-corrected chi connectivity index (χ4v) is 2.08. The molecule has 0 radical (unpaired) electrons. The van der Waals surface area contributed by atoms with E-state index in [1.54, 1.807) is 13.0 Å². The van der Waals surface area contributed by atoms with E-state index in [2.05, 4.69) is 33.9 Å². The second-order valence-corrected chi connectivity index (χ2v) is 10.6. The molecule has 0 saturated carbocycles. The van der Waals surface area contributed by atoms with Gasteiger partial charge in [0.05, 0.1) is 0 Å². The van der Waals surface area contributed by atoms with Gasteiger partial charge in [-0.3, -0.25) is 4.79 Å². The van der Waals surface area contributed by atoms with Gasteiger partial charge < -0.3 is 4.43 Å². The number of unbranched alkanes of at least 4 members (excludes halogenated alkanes) is 1. The smallest absolute Gasteiger partial charge is 0.191 e. The highest BCUT2D eigenvalue weighted by Crippen LogP contribution is 2.36. The van der Waals surface area contributed by atoms with Crippen molar-refractivity contribution in [2.24, 2.45) is 0 Å². The summed E-state index contributed by atoms with van der Waals surface area (Å²) in [5, 5.41) is 0.280. The van der Waals surface area contributed by atoms with Crippen molar-refractivity contribution in [3.63, 3.8) is 0 Å². The summed E-state index contributed by atoms with van der Waals surface area (Å²) in [6.45, 7) is 13.6. The van der Waals surface area contributed by atoms with Crippen LogP contribution in [0.3, 0.4) is 0 Å². The van der Waals surface area contributed by atoms with Crippen LogP contribution >= 0.6 is 0 Å². The van der Waals surface area contributed by atoms with Crippen LogP contribution in [0.4, 0.5) is 0 Å². The highest BCUT2D eigenvalue weighted by molar-refractivity contribution is 6.74. The Hall–Kier alpha value is -0.413. The van der Waals surface area contributed by atoms with Gasteiger partial charge in [0.15, 0.2) is 14.1 Å². The zero-order chi connectivity index (χ0) is 12.8. The molecule has 94 valence electrons. The first-order chi connectivity index (χ1) is 7.17. The molecule has 2 nitrogen and oxygen atoms in total. The molecule has 0 amide bonds. The molecule has 0 N–H and O–H groups in total. The van der Waals surface area contributed by atoms with Gasteiger partial charge in [-0.1, -0.05) is 26.8 Å². The van der Waals surface area contributed by atoms with Crippen molar-refractivity contribution >= 4 is 14.1 Å². The average Bonchev–Trinajstić information content (AvgIpc) is 2.08. The van der Waals surface area contributed by atoms with E-state index in [9.17, 15) is 4.79 Å². The normalized spacial score (nSPS) is 13.4. The highest BCUT2D eigenvalue weighted by atomic mass is 28.4. The topological polar surface area (TPSA) is 26.3 Å². The summed E-state index contributed by atoms with van der Waals surface area (Å²) < 4.78 is 6.02. The molecule has 0 unspecified atom stereocenters. The van der Waals surface area contributed by atoms with Crippen LogP contribution in [0.15, 0.2) is 12.2 Å². The fourth-order valence-electron chi connectivity index (χ4n) is 0.994. The Kier molecular flexibility index (Phi) is 6.19. The average molecular weight is 242 g/mol. The van der Waals surface area contributed by atoms with Crippen LogP contribution < -0.4 is 0 Å². The van der Waals surface area contributed by atoms with Gasteiger partial charge in [-0.2, -0.15) is 0 Å². The summed E-state index contributed by atoms with van der Waals surface area (Å²) in [7, 11) is -1.58. The predicted octanol–water partition coefficient (Wildman–Crippen LogP) is 3.93. The van der Waals surface area contributed by atoms with Crippen molar-refractivity contribution in [3.05, 3.63) is 12.2 Å². The largest absolute Gasteiger partial charge is 0.417 e. The number of ketones is 1. The standard InChI is InChI=1S/C13H26O2Si/c1-12(14)10-8-7-9-11-15-16(5,6)13(2,3)4/h8,10H,7,9,11H2,1-6H3. The first-order valence-electron chi connectivity index (χ1n) is 5.98. The number of allylic oxidation sites excluding steroid dienone is 2. The van der Waals surface area contributed by atoms with Crippen molar-refractivity contribution in [3.8, 4) is 0 Å². The lowest BCUT2D eigenvalue weighted by atomic mass is 10.2. The van der Waals surface area contributed by atoms with Crippen molar-refractivity contribution in [1.82, 2.24) is 0 Å². The Balaban J connectivity index is 3.79. The second kappa shape index (κ2) is 6.35. The molecule has 0 heterocycles. The lowest BCUT2D eigenvalue weighted by Crippen LogP contribution is -2.40. The number of rotatable bonds is 6. The molecule has 0 aliphatic heterocycles. The molecule has 0 fully saturated rings. The Morgan fingerprint density at radius 3 is 2.31 bits per heavy atom. The highest BCUT2D eigenvalue weighted by Gasteiger charge is 2.36. The molecule has 0 aromatic carbocycles. The van der Waals surface area contributed by atoms with Gasteiger partial charge in [0.25, 0.3) is 0 Å². The van der Waals surface area contributed by atoms with E-state index in [0.29, 0.717) is 0 Å². The minimum absolute atomic E-state index is 0.116. The van der Waals surface area contributed by atoms with E-state index >= 15 is 0 Å². The summed E-state index contributed by atoms with van der Waals surface area (Å²) in [6.07, 6.45) is 5.48. The predicted molar refractivity (Wildman–Crippen MR) is 72.2 cm³/mol. The maximum Gasteiger partial charge on any atom is 0.191 e. The first-order valence-corrected chi connectivity index (χ1v) is 8.89. The summed E-state index contributed by atoms with van der Waals surface area (Å²) >= 11 is 0. The minimum atomic E-state index is -1.58. The van der Waals surface area contributed by atoms with E-state index in [0.717, 1.165) is 19.4 Å². The van der Waals surface area contributed by atoms with E-state index in [1.807, 2.05) is 6.08 Å². The lowest BCUT2D eigenvalue weighted by molar-refractivity contribution is -0.112. The Labute approximate surface area is 101 Å². The molecule has 16 heavy (non-hydrogen) atoms. The van der Waals surface area contributed by atoms with Crippen LogP contribution in [0.2, 0.25) is 18.1 Å². The van der Waals surface area contributed by atoms with Crippen LogP contribution in [-0.2, 0) is 9.22 Å². The number of carbonyl (C=O) groups excluding carboxylic acids is 1. The van der Waals surface area contributed by atoms with Gasteiger partial charge in [0.2, 0.25) is 0 Å². The van der Waals surface area contributed by atoms with Gasteiger partial charge in [-0.15, -0.1) is 0 Å². The maximum absolute atomic E-state index is 10.7. The first kappa shape index (κ1) is 15.6. The molecule has 0 bridgehead atoms. The molecule has 3 heteroatoms. The fraction of sp³-hybridized carbons (Fsp3) is 0.769. The molecule has 0 spiro atoms. The van der Waals surface area contributed by atoms with Gasteiger partial charge in [-0.25, -0.2) is 0 Å². The summed E-state index contributed by atoms with van der Waals surface area (Å²) in [5.74, 6) is 0.116. The third-order valence-corrected chi connectivity index (χ3v) is 7.67. The SMILES string of the molecule is CC(=O)C=CCCCO[Si](C)(C)C(C)(C)C. The van der Waals surface area contributed by atoms with Crippen LogP contribution in [0.1, 0.15) is 40.5 Å². The molecule has 0 aromatic heterocycles. The van der Waals surface area contributed by atoms with E-state index in [1.165, 1.54) is 0 Å². The van der Waals surface area contributed by atoms with Gasteiger partial charge in [-0.05, 0) is 44.0 Å². The number of carbonyl (C=O) groups is 1. The molecule has 0 aliphatic carbocycles. The molecule has 0 saturated heterocycles. The quantitative estimate of drug-likeness (QED) is 0.401. The zero-order valence-corrected chi connectivity index (χ0v) is 12.6. The summed E-state index contributed by atoms with van der Waals surface area (Å²) in [6, 6.07) is 0. The molecule has 0 atom stereocenters. The summed E-state index contributed by atoms with van der Waals surface area (Å²) in [5.41, 5.74) is 0. The van der Waals surface area contributed by atoms with Crippen LogP contribution in [-0.4, -0.2) is 20.7 Å². The molecular weight excluding hydrogens is 216 g/mol. The van der Waals surface area contributed by atoms with Crippen LogP contribution in [0.25, 0.3) is 0 Å². The molecule has 0 aliphatic rings. The maximum atomic E-state index is 10.7.